The van der Waals surface area contributed by atoms with Gasteiger partial charge in [-0.3, -0.25) is 9.59 Å². The summed E-state index contributed by atoms with van der Waals surface area (Å²) in [6.07, 6.45) is 0. The Morgan fingerprint density at radius 2 is 1.88 bits per heavy atom. The highest BCUT2D eigenvalue weighted by atomic mass is 32.2. The van der Waals surface area contributed by atoms with Crippen LogP contribution in [0.2, 0.25) is 0 Å². The van der Waals surface area contributed by atoms with Gasteiger partial charge in [-0.05, 0) is 31.2 Å². The Labute approximate surface area is 142 Å². The molecule has 1 fully saturated rings. The molecule has 0 aromatic heterocycles. The highest BCUT2D eigenvalue weighted by Gasteiger charge is 2.25. The number of amides is 2. The molecule has 0 saturated carbocycles. The van der Waals surface area contributed by atoms with Crippen LogP contribution in [-0.4, -0.2) is 75.6 Å². The Morgan fingerprint density at radius 1 is 1.25 bits per heavy atom. The van der Waals surface area contributed by atoms with E-state index in [0.717, 1.165) is 13.1 Å². The van der Waals surface area contributed by atoms with Crippen LogP contribution in [0.25, 0.3) is 0 Å². The van der Waals surface area contributed by atoms with Crippen LogP contribution in [0.5, 0.6) is 0 Å². The molecule has 1 atom stereocenters. The zero-order valence-electron chi connectivity index (χ0n) is 14.2. The van der Waals surface area contributed by atoms with Crippen LogP contribution in [0, 0.1) is 0 Å². The number of nitrogens with zero attached hydrogens (tertiary/aromatic N) is 2. The predicted molar refractivity (Wildman–Crippen MR) is 90.6 cm³/mol. The third-order valence-corrected chi connectivity index (χ3v) is 5.65. The fraction of sp³-hybridized carbons (Fsp3) is 0.500. The van der Waals surface area contributed by atoms with Gasteiger partial charge in [0.05, 0.1) is 4.90 Å². The van der Waals surface area contributed by atoms with Crippen molar-refractivity contribution < 1.29 is 18.0 Å². The molecule has 1 N–H and O–H groups in total. The fourth-order valence-corrected chi connectivity index (χ4v) is 3.79. The summed E-state index contributed by atoms with van der Waals surface area (Å²) in [6, 6.07) is 5.87. The molecule has 1 aromatic rings. The topological polar surface area (TPSA) is 86.8 Å². The Morgan fingerprint density at radius 3 is 2.42 bits per heavy atom. The molecule has 1 aromatic carbocycles. The molecule has 2 amide bonds. The lowest BCUT2D eigenvalue weighted by atomic mass is 10.1. The van der Waals surface area contributed by atoms with Crippen molar-refractivity contribution in [2.24, 2.45) is 0 Å². The summed E-state index contributed by atoms with van der Waals surface area (Å²) in [5.41, 5.74) is 0.446. The summed E-state index contributed by atoms with van der Waals surface area (Å²) in [4.78, 5) is 27.2. The average Bonchev–Trinajstić information content (AvgIpc) is 2.54. The molecule has 0 spiro atoms. The molecule has 0 aliphatic carbocycles. The van der Waals surface area contributed by atoms with Crippen LogP contribution < -0.4 is 5.32 Å². The number of hydrogen-bond donors (Lipinski definition) is 1. The minimum Gasteiger partial charge on any atom is -0.348 e. The molecule has 0 bridgehead atoms. The number of rotatable bonds is 4. The first-order valence-corrected chi connectivity index (χ1v) is 9.42. The largest absolute Gasteiger partial charge is 0.348 e. The molecule has 1 unspecified atom stereocenters. The van der Waals surface area contributed by atoms with E-state index < -0.39 is 21.5 Å². The number of piperazine rings is 1. The summed E-state index contributed by atoms with van der Waals surface area (Å²) in [6.45, 7) is 4.08. The van der Waals surface area contributed by atoms with Crippen LogP contribution in [0.1, 0.15) is 17.3 Å². The second-order valence-electron chi connectivity index (χ2n) is 6.12. The van der Waals surface area contributed by atoms with Gasteiger partial charge in [-0.2, -0.15) is 0 Å². The standard InChI is InChI=1S/C16H23N3O4S/c1-12-10-17-8-9-19(12)16(21)13-4-6-14(7-5-13)24(22,23)11-15(20)18(2)3/h4-7,12,17H,8-11H2,1-3H3. The molecule has 1 aliphatic heterocycles. The number of hydrogen-bond acceptors (Lipinski definition) is 5. The van der Waals surface area contributed by atoms with E-state index in [4.69, 9.17) is 0 Å². The third-order valence-electron chi connectivity index (χ3n) is 4.03. The Kier molecular flexibility index (Phi) is 5.61. The van der Waals surface area contributed by atoms with Crippen molar-refractivity contribution in [1.29, 1.82) is 0 Å². The highest BCUT2D eigenvalue weighted by Crippen LogP contribution is 2.16. The van der Waals surface area contributed by atoms with Crippen molar-refractivity contribution in [3.63, 3.8) is 0 Å². The van der Waals surface area contributed by atoms with E-state index in [0.29, 0.717) is 12.1 Å². The summed E-state index contributed by atoms with van der Waals surface area (Å²) >= 11 is 0. The van der Waals surface area contributed by atoms with Crippen LogP contribution in [0.4, 0.5) is 0 Å². The Balaban J connectivity index is 2.15. The van der Waals surface area contributed by atoms with E-state index >= 15 is 0 Å². The number of carbonyl (C=O) groups is 2. The van der Waals surface area contributed by atoms with Gasteiger partial charge >= 0.3 is 0 Å². The van der Waals surface area contributed by atoms with Crippen LogP contribution in [-0.2, 0) is 14.6 Å². The maximum Gasteiger partial charge on any atom is 0.254 e. The molecular formula is C16H23N3O4S. The van der Waals surface area contributed by atoms with Gasteiger partial charge in [0.2, 0.25) is 5.91 Å². The lowest BCUT2D eigenvalue weighted by molar-refractivity contribution is -0.125. The van der Waals surface area contributed by atoms with Gasteiger partial charge < -0.3 is 15.1 Å². The summed E-state index contributed by atoms with van der Waals surface area (Å²) < 4.78 is 24.5. The van der Waals surface area contributed by atoms with Gasteiger partial charge in [0, 0.05) is 45.3 Å². The van der Waals surface area contributed by atoms with Crippen molar-refractivity contribution in [1.82, 2.24) is 15.1 Å². The molecule has 8 heteroatoms. The van der Waals surface area contributed by atoms with Gasteiger partial charge in [0.25, 0.3) is 5.91 Å². The SMILES string of the molecule is CC1CNCCN1C(=O)c1ccc(S(=O)(=O)CC(=O)N(C)C)cc1. The first kappa shape index (κ1) is 18.4. The van der Waals surface area contributed by atoms with Crippen LogP contribution in [0.3, 0.4) is 0 Å². The monoisotopic (exact) mass is 353 g/mol. The van der Waals surface area contributed by atoms with Gasteiger partial charge in [-0.15, -0.1) is 0 Å². The summed E-state index contributed by atoms with van der Waals surface area (Å²) in [5.74, 6) is -1.18. The van der Waals surface area contributed by atoms with E-state index in [-0.39, 0.29) is 16.8 Å². The van der Waals surface area contributed by atoms with Gasteiger partial charge in [-0.25, -0.2) is 8.42 Å². The number of carbonyl (C=O) groups excluding carboxylic acids is 2. The lowest BCUT2D eigenvalue weighted by Crippen LogP contribution is -2.52. The molecule has 24 heavy (non-hydrogen) atoms. The highest BCUT2D eigenvalue weighted by molar-refractivity contribution is 7.92. The second kappa shape index (κ2) is 7.31. The smallest absolute Gasteiger partial charge is 0.254 e. The van der Waals surface area contributed by atoms with Crippen molar-refractivity contribution in [2.75, 3.05) is 39.5 Å². The maximum absolute atomic E-state index is 12.5. The van der Waals surface area contributed by atoms with E-state index in [1.54, 1.807) is 4.90 Å². The second-order valence-corrected chi connectivity index (χ2v) is 8.11. The van der Waals surface area contributed by atoms with Crippen molar-refractivity contribution in [2.45, 2.75) is 17.9 Å². The van der Waals surface area contributed by atoms with Crippen LogP contribution >= 0.6 is 0 Å². The van der Waals surface area contributed by atoms with E-state index in [1.165, 1.54) is 43.3 Å². The molecule has 1 aliphatic rings. The average molecular weight is 353 g/mol. The molecule has 1 heterocycles. The molecule has 132 valence electrons. The van der Waals surface area contributed by atoms with Crippen molar-refractivity contribution >= 4 is 21.7 Å². The van der Waals surface area contributed by atoms with Gasteiger partial charge in [0.1, 0.15) is 5.75 Å². The van der Waals surface area contributed by atoms with E-state index in [9.17, 15) is 18.0 Å². The number of nitrogens with one attached hydrogen (secondary N) is 1. The van der Waals surface area contributed by atoms with E-state index in [2.05, 4.69) is 5.32 Å². The molecule has 0 radical (unpaired) electrons. The summed E-state index contributed by atoms with van der Waals surface area (Å²) in [5, 5.41) is 3.22. The van der Waals surface area contributed by atoms with Gasteiger partial charge in [-0.1, -0.05) is 0 Å². The molecular weight excluding hydrogens is 330 g/mol. The zero-order valence-corrected chi connectivity index (χ0v) is 15.0. The molecule has 1 saturated heterocycles. The lowest BCUT2D eigenvalue weighted by Gasteiger charge is -2.34. The van der Waals surface area contributed by atoms with Gasteiger partial charge in [0.15, 0.2) is 9.84 Å². The zero-order chi connectivity index (χ0) is 17.9. The maximum atomic E-state index is 12.5. The predicted octanol–water partition coefficient (Wildman–Crippen LogP) is -0.0176. The first-order valence-electron chi connectivity index (χ1n) is 7.77. The minimum atomic E-state index is -3.71. The van der Waals surface area contributed by atoms with Crippen molar-refractivity contribution in [3.8, 4) is 0 Å². The first-order chi connectivity index (χ1) is 11.2. The third kappa shape index (κ3) is 4.12. The number of sulfone groups is 1. The normalized spacial score (nSPS) is 18.3. The Hall–Kier alpha value is -1.93. The Bertz CT molecular complexity index is 713. The van der Waals surface area contributed by atoms with Crippen LogP contribution in [0.15, 0.2) is 29.2 Å². The molecule has 7 nitrogen and oxygen atoms in total. The fourth-order valence-electron chi connectivity index (χ4n) is 2.49. The van der Waals surface area contributed by atoms with Crippen molar-refractivity contribution in [3.05, 3.63) is 29.8 Å². The van der Waals surface area contributed by atoms with E-state index in [1.807, 2.05) is 6.92 Å². The summed E-state index contributed by atoms with van der Waals surface area (Å²) in [7, 11) is -0.692. The number of benzene rings is 1. The minimum absolute atomic E-state index is 0.0441. The quantitative estimate of drug-likeness (QED) is 0.822. The molecule has 2 rings (SSSR count).